The van der Waals surface area contributed by atoms with E-state index in [9.17, 15) is 0 Å². The van der Waals surface area contributed by atoms with Crippen LogP contribution in [0.25, 0.3) is 0 Å². The lowest BCUT2D eigenvalue weighted by molar-refractivity contribution is 0.180. The van der Waals surface area contributed by atoms with Gasteiger partial charge in [-0.3, -0.25) is 0 Å². The van der Waals surface area contributed by atoms with E-state index in [2.05, 4.69) is 33.0 Å². The van der Waals surface area contributed by atoms with Crippen molar-refractivity contribution in [1.82, 2.24) is 10.3 Å². The van der Waals surface area contributed by atoms with Crippen molar-refractivity contribution in [3.63, 3.8) is 0 Å². The number of nitrogens with one attached hydrogen (secondary N) is 1. The second-order valence-electron chi connectivity index (χ2n) is 6.72. The van der Waals surface area contributed by atoms with E-state index in [-0.39, 0.29) is 5.54 Å². The Hall–Kier alpha value is -0.450. The van der Waals surface area contributed by atoms with Gasteiger partial charge in [0, 0.05) is 18.5 Å². The van der Waals surface area contributed by atoms with Crippen LogP contribution in [0.4, 0.5) is 0 Å². The molecule has 0 amide bonds. The number of rotatable bonds is 6. The quantitative estimate of drug-likeness (QED) is 0.814. The summed E-state index contributed by atoms with van der Waals surface area (Å²) in [6, 6.07) is 0. The van der Waals surface area contributed by atoms with E-state index in [1.165, 1.54) is 34.8 Å². The van der Waals surface area contributed by atoms with E-state index >= 15 is 0 Å². The van der Waals surface area contributed by atoms with E-state index in [0.29, 0.717) is 5.41 Å². The van der Waals surface area contributed by atoms with E-state index in [4.69, 9.17) is 9.72 Å². The third-order valence-corrected chi connectivity index (χ3v) is 5.63. The van der Waals surface area contributed by atoms with Crippen molar-refractivity contribution in [3.8, 4) is 0 Å². The van der Waals surface area contributed by atoms with Gasteiger partial charge in [0.2, 0.25) is 0 Å². The SMILES string of the molecule is CCc1nc(C2(NCCOC)CCC(C)(C)C2)sc1C. The number of nitrogens with zero attached hydrogens (tertiary/aromatic N) is 1. The molecular formula is C16H28N2OS. The lowest BCUT2D eigenvalue weighted by atomic mass is 9.88. The molecule has 1 unspecified atom stereocenters. The van der Waals surface area contributed by atoms with Gasteiger partial charge in [0.05, 0.1) is 17.8 Å². The fraction of sp³-hybridized carbons (Fsp3) is 0.812. The Morgan fingerprint density at radius 3 is 2.60 bits per heavy atom. The van der Waals surface area contributed by atoms with Crippen molar-refractivity contribution in [2.75, 3.05) is 20.3 Å². The molecule has 1 fully saturated rings. The molecule has 1 aromatic heterocycles. The maximum absolute atomic E-state index is 5.21. The first-order valence-corrected chi connectivity index (χ1v) is 8.45. The molecule has 0 aromatic carbocycles. The number of aromatic nitrogens is 1. The monoisotopic (exact) mass is 296 g/mol. The molecule has 2 rings (SSSR count). The highest BCUT2D eigenvalue weighted by atomic mass is 32.1. The van der Waals surface area contributed by atoms with Crippen LogP contribution in [0.3, 0.4) is 0 Å². The summed E-state index contributed by atoms with van der Waals surface area (Å²) in [6.07, 6.45) is 4.63. The standard InChI is InChI=1S/C16H28N2OS/c1-6-13-12(2)20-14(18-13)16(17-9-10-19-5)8-7-15(3,4)11-16/h17H,6-11H2,1-5H3. The van der Waals surface area contributed by atoms with Gasteiger partial charge < -0.3 is 10.1 Å². The number of hydrogen-bond donors (Lipinski definition) is 1. The van der Waals surface area contributed by atoms with Gasteiger partial charge in [0.1, 0.15) is 5.01 Å². The van der Waals surface area contributed by atoms with Crippen molar-refractivity contribution in [2.24, 2.45) is 5.41 Å². The highest BCUT2D eigenvalue weighted by Crippen LogP contribution is 2.50. The Morgan fingerprint density at radius 2 is 2.10 bits per heavy atom. The highest BCUT2D eigenvalue weighted by molar-refractivity contribution is 7.11. The van der Waals surface area contributed by atoms with Gasteiger partial charge in [-0.1, -0.05) is 20.8 Å². The van der Waals surface area contributed by atoms with Gasteiger partial charge in [-0.15, -0.1) is 11.3 Å². The summed E-state index contributed by atoms with van der Waals surface area (Å²) in [5, 5.41) is 5.04. The summed E-state index contributed by atoms with van der Waals surface area (Å²) in [7, 11) is 1.76. The highest BCUT2D eigenvalue weighted by Gasteiger charge is 2.46. The van der Waals surface area contributed by atoms with Crippen LogP contribution in [0.1, 0.15) is 55.6 Å². The average molecular weight is 296 g/mol. The molecule has 1 saturated carbocycles. The Morgan fingerprint density at radius 1 is 1.35 bits per heavy atom. The summed E-state index contributed by atoms with van der Waals surface area (Å²) < 4.78 is 5.21. The zero-order chi connectivity index (χ0) is 14.8. The molecule has 1 N–H and O–H groups in total. The number of ether oxygens (including phenoxy) is 1. The Kier molecular flexibility index (Phi) is 4.88. The molecule has 0 spiro atoms. The van der Waals surface area contributed by atoms with Crippen LogP contribution in [0.5, 0.6) is 0 Å². The minimum absolute atomic E-state index is 0.0604. The van der Waals surface area contributed by atoms with E-state index < -0.39 is 0 Å². The number of hydrogen-bond acceptors (Lipinski definition) is 4. The second kappa shape index (κ2) is 6.12. The van der Waals surface area contributed by atoms with Crippen molar-refractivity contribution in [3.05, 3.63) is 15.6 Å². The fourth-order valence-corrected chi connectivity index (χ4v) is 4.50. The van der Waals surface area contributed by atoms with Crippen LogP contribution in [0.2, 0.25) is 0 Å². The Labute approximate surface area is 127 Å². The summed E-state index contributed by atoms with van der Waals surface area (Å²) in [5.41, 5.74) is 1.72. The predicted octanol–water partition coefficient (Wildman–Crippen LogP) is 3.66. The fourth-order valence-electron chi connectivity index (χ4n) is 3.31. The molecule has 1 aromatic rings. The second-order valence-corrected chi connectivity index (χ2v) is 7.92. The summed E-state index contributed by atoms with van der Waals surface area (Å²) >= 11 is 1.88. The first-order chi connectivity index (χ1) is 9.42. The van der Waals surface area contributed by atoms with Gasteiger partial charge in [-0.2, -0.15) is 0 Å². The third kappa shape index (κ3) is 3.23. The van der Waals surface area contributed by atoms with E-state index in [1.807, 2.05) is 11.3 Å². The van der Waals surface area contributed by atoms with Crippen LogP contribution in [0, 0.1) is 12.3 Å². The van der Waals surface area contributed by atoms with E-state index in [0.717, 1.165) is 19.6 Å². The Bertz CT molecular complexity index is 455. The summed E-state index contributed by atoms with van der Waals surface area (Å²) in [4.78, 5) is 6.32. The van der Waals surface area contributed by atoms with Crippen molar-refractivity contribution >= 4 is 11.3 Å². The largest absolute Gasteiger partial charge is 0.383 e. The minimum Gasteiger partial charge on any atom is -0.383 e. The molecule has 1 atom stereocenters. The number of thiazole rings is 1. The average Bonchev–Trinajstić information content (AvgIpc) is 2.91. The van der Waals surface area contributed by atoms with E-state index in [1.54, 1.807) is 7.11 Å². The molecule has 20 heavy (non-hydrogen) atoms. The van der Waals surface area contributed by atoms with Gasteiger partial charge in [0.15, 0.2) is 0 Å². The van der Waals surface area contributed by atoms with Crippen LogP contribution >= 0.6 is 11.3 Å². The molecule has 4 heteroatoms. The normalized spacial score (nSPS) is 25.2. The molecule has 1 aliphatic rings. The van der Waals surface area contributed by atoms with Crippen molar-refractivity contribution < 1.29 is 4.74 Å². The van der Waals surface area contributed by atoms with Crippen LogP contribution in [-0.4, -0.2) is 25.2 Å². The summed E-state index contributed by atoms with van der Waals surface area (Å²) in [6.45, 7) is 10.8. The smallest absolute Gasteiger partial charge is 0.113 e. The van der Waals surface area contributed by atoms with Crippen LogP contribution in [0.15, 0.2) is 0 Å². The number of aryl methyl sites for hydroxylation is 2. The maximum atomic E-state index is 5.21. The predicted molar refractivity (Wildman–Crippen MR) is 85.4 cm³/mol. The Balaban J connectivity index is 2.26. The lowest BCUT2D eigenvalue weighted by Gasteiger charge is -2.30. The van der Waals surface area contributed by atoms with Gasteiger partial charge in [0.25, 0.3) is 0 Å². The molecule has 114 valence electrons. The maximum Gasteiger partial charge on any atom is 0.113 e. The van der Waals surface area contributed by atoms with Gasteiger partial charge in [-0.25, -0.2) is 4.98 Å². The van der Waals surface area contributed by atoms with Crippen LogP contribution in [-0.2, 0) is 16.7 Å². The molecule has 0 saturated heterocycles. The lowest BCUT2D eigenvalue weighted by Crippen LogP contribution is -2.42. The minimum atomic E-state index is 0.0604. The third-order valence-electron chi connectivity index (χ3n) is 4.42. The summed E-state index contributed by atoms with van der Waals surface area (Å²) in [5.74, 6) is 0. The topological polar surface area (TPSA) is 34.2 Å². The molecular weight excluding hydrogens is 268 g/mol. The van der Waals surface area contributed by atoms with Gasteiger partial charge >= 0.3 is 0 Å². The molecule has 1 aliphatic carbocycles. The molecule has 0 radical (unpaired) electrons. The zero-order valence-corrected chi connectivity index (χ0v) is 14.3. The number of methoxy groups -OCH3 is 1. The van der Waals surface area contributed by atoms with Crippen LogP contribution < -0.4 is 5.32 Å². The molecule has 3 nitrogen and oxygen atoms in total. The van der Waals surface area contributed by atoms with Gasteiger partial charge in [-0.05, 0) is 38.0 Å². The van der Waals surface area contributed by atoms with Crippen molar-refractivity contribution in [1.29, 1.82) is 0 Å². The zero-order valence-electron chi connectivity index (χ0n) is 13.5. The molecule has 0 bridgehead atoms. The molecule has 1 heterocycles. The first kappa shape index (κ1) is 15.9. The molecule has 0 aliphatic heterocycles. The first-order valence-electron chi connectivity index (χ1n) is 7.63. The van der Waals surface area contributed by atoms with Crippen molar-refractivity contribution in [2.45, 2.75) is 58.9 Å².